The van der Waals surface area contributed by atoms with Crippen LogP contribution in [0.15, 0.2) is 18.2 Å². The monoisotopic (exact) mass is 295 g/mol. The summed E-state index contributed by atoms with van der Waals surface area (Å²) >= 11 is 0. The van der Waals surface area contributed by atoms with E-state index in [2.05, 4.69) is 5.32 Å². The predicted molar refractivity (Wildman–Crippen MR) is 80.0 cm³/mol. The van der Waals surface area contributed by atoms with Crippen LogP contribution in [0.25, 0.3) is 6.08 Å². The number of rotatable bonds is 8. The van der Waals surface area contributed by atoms with Gasteiger partial charge in [-0.3, -0.25) is 4.79 Å². The Morgan fingerprint density at radius 3 is 2.19 bits per heavy atom. The number of ether oxygens (including phenoxy) is 4. The van der Waals surface area contributed by atoms with E-state index in [1.807, 2.05) is 0 Å². The summed E-state index contributed by atoms with van der Waals surface area (Å²) < 4.78 is 20.6. The van der Waals surface area contributed by atoms with Gasteiger partial charge < -0.3 is 24.3 Å². The van der Waals surface area contributed by atoms with Gasteiger partial charge in [0.25, 0.3) is 0 Å². The van der Waals surface area contributed by atoms with Crippen LogP contribution in [0.3, 0.4) is 0 Å². The van der Waals surface area contributed by atoms with Gasteiger partial charge in [-0.2, -0.15) is 0 Å². The average Bonchev–Trinajstić information content (AvgIpc) is 2.51. The molecule has 0 heterocycles. The number of methoxy groups -OCH3 is 4. The van der Waals surface area contributed by atoms with Crippen LogP contribution in [0.5, 0.6) is 17.2 Å². The van der Waals surface area contributed by atoms with Gasteiger partial charge in [0.05, 0.1) is 27.9 Å². The molecule has 0 saturated heterocycles. The van der Waals surface area contributed by atoms with Crippen molar-refractivity contribution in [2.24, 2.45) is 0 Å². The van der Waals surface area contributed by atoms with Crippen LogP contribution in [0.1, 0.15) is 5.56 Å². The van der Waals surface area contributed by atoms with Gasteiger partial charge in [-0.05, 0) is 23.8 Å². The first kappa shape index (κ1) is 16.8. The molecule has 0 unspecified atom stereocenters. The second-order valence-corrected chi connectivity index (χ2v) is 4.08. The first-order valence-corrected chi connectivity index (χ1v) is 6.41. The van der Waals surface area contributed by atoms with Crippen molar-refractivity contribution >= 4 is 12.0 Å². The van der Waals surface area contributed by atoms with Gasteiger partial charge >= 0.3 is 0 Å². The normalized spacial score (nSPS) is 10.5. The van der Waals surface area contributed by atoms with E-state index in [0.717, 1.165) is 5.56 Å². The van der Waals surface area contributed by atoms with Crippen molar-refractivity contribution in [2.75, 3.05) is 41.6 Å². The molecule has 0 aromatic heterocycles. The van der Waals surface area contributed by atoms with E-state index in [-0.39, 0.29) is 5.91 Å². The fraction of sp³-hybridized carbons (Fsp3) is 0.400. The summed E-state index contributed by atoms with van der Waals surface area (Å²) in [4.78, 5) is 11.6. The smallest absolute Gasteiger partial charge is 0.244 e. The Morgan fingerprint density at radius 1 is 1.10 bits per heavy atom. The summed E-state index contributed by atoms with van der Waals surface area (Å²) in [6.07, 6.45) is 3.11. The van der Waals surface area contributed by atoms with Crippen molar-refractivity contribution in [3.63, 3.8) is 0 Å². The van der Waals surface area contributed by atoms with E-state index in [9.17, 15) is 4.79 Å². The second-order valence-electron chi connectivity index (χ2n) is 4.08. The average molecular weight is 295 g/mol. The molecule has 6 heteroatoms. The van der Waals surface area contributed by atoms with Crippen molar-refractivity contribution in [1.82, 2.24) is 5.32 Å². The Hall–Kier alpha value is -2.21. The van der Waals surface area contributed by atoms with E-state index in [4.69, 9.17) is 18.9 Å². The number of hydrogen-bond donors (Lipinski definition) is 1. The molecule has 6 nitrogen and oxygen atoms in total. The molecule has 0 aliphatic rings. The molecule has 0 saturated carbocycles. The van der Waals surface area contributed by atoms with Crippen molar-refractivity contribution in [3.8, 4) is 17.2 Å². The topological polar surface area (TPSA) is 66.0 Å². The molecule has 1 aromatic rings. The number of benzene rings is 1. The van der Waals surface area contributed by atoms with Crippen LogP contribution in [0.4, 0.5) is 0 Å². The first-order chi connectivity index (χ1) is 10.2. The van der Waals surface area contributed by atoms with Crippen LogP contribution in [0.2, 0.25) is 0 Å². The van der Waals surface area contributed by atoms with E-state index in [1.54, 1.807) is 46.6 Å². The van der Waals surface area contributed by atoms with Crippen molar-refractivity contribution < 1.29 is 23.7 Å². The summed E-state index contributed by atoms with van der Waals surface area (Å²) in [5, 5.41) is 2.70. The highest BCUT2D eigenvalue weighted by Gasteiger charge is 2.12. The van der Waals surface area contributed by atoms with Gasteiger partial charge in [-0.1, -0.05) is 0 Å². The van der Waals surface area contributed by atoms with Crippen molar-refractivity contribution in [1.29, 1.82) is 0 Å². The zero-order valence-electron chi connectivity index (χ0n) is 12.8. The molecular formula is C15H21NO5. The van der Waals surface area contributed by atoms with Crippen molar-refractivity contribution in [3.05, 3.63) is 23.8 Å². The van der Waals surface area contributed by atoms with Gasteiger partial charge in [-0.25, -0.2) is 0 Å². The molecule has 0 aliphatic carbocycles. The van der Waals surface area contributed by atoms with E-state index in [1.165, 1.54) is 6.08 Å². The minimum Gasteiger partial charge on any atom is -0.493 e. The van der Waals surface area contributed by atoms with Crippen LogP contribution in [-0.2, 0) is 9.53 Å². The zero-order chi connectivity index (χ0) is 15.7. The third-order valence-corrected chi connectivity index (χ3v) is 2.72. The number of nitrogens with one attached hydrogen (secondary N) is 1. The van der Waals surface area contributed by atoms with E-state index >= 15 is 0 Å². The van der Waals surface area contributed by atoms with Gasteiger partial charge in [0.1, 0.15) is 0 Å². The largest absolute Gasteiger partial charge is 0.493 e. The van der Waals surface area contributed by atoms with Gasteiger partial charge in [-0.15, -0.1) is 0 Å². The fourth-order valence-corrected chi connectivity index (χ4v) is 1.70. The Morgan fingerprint density at radius 2 is 1.71 bits per heavy atom. The highest BCUT2D eigenvalue weighted by molar-refractivity contribution is 5.91. The summed E-state index contributed by atoms with van der Waals surface area (Å²) in [5.41, 5.74) is 0.770. The van der Waals surface area contributed by atoms with Gasteiger partial charge in [0, 0.05) is 19.7 Å². The number of carbonyl (C=O) groups excluding carboxylic acids is 1. The van der Waals surface area contributed by atoms with Crippen LogP contribution in [0, 0.1) is 0 Å². The quantitative estimate of drug-likeness (QED) is 0.581. The highest BCUT2D eigenvalue weighted by Crippen LogP contribution is 2.38. The van der Waals surface area contributed by atoms with Crippen LogP contribution in [-0.4, -0.2) is 47.5 Å². The van der Waals surface area contributed by atoms with E-state index in [0.29, 0.717) is 30.4 Å². The van der Waals surface area contributed by atoms with Crippen LogP contribution < -0.4 is 19.5 Å². The standard InChI is InChI=1S/C15H21NO5/c1-18-8-7-16-14(17)6-5-11-9-12(19-2)15(21-4)13(10-11)20-3/h5-6,9-10H,7-8H2,1-4H3,(H,16,17)/b6-5+. The maximum Gasteiger partial charge on any atom is 0.244 e. The van der Waals surface area contributed by atoms with Crippen molar-refractivity contribution in [2.45, 2.75) is 0 Å². The second kappa shape index (κ2) is 8.86. The SMILES string of the molecule is COCCNC(=O)/C=C/c1cc(OC)c(OC)c(OC)c1. The third-order valence-electron chi connectivity index (χ3n) is 2.72. The molecule has 0 atom stereocenters. The maximum atomic E-state index is 11.6. The molecule has 1 N–H and O–H groups in total. The molecule has 21 heavy (non-hydrogen) atoms. The maximum absolute atomic E-state index is 11.6. The lowest BCUT2D eigenvalue weighted by Gasteiger charge is -2.12. The predicted octanol–water partition coefficient (Wildman–Crippen LogP) is 1.49. The van der Waals surface area contributed by atoms with Gasteiger partial charge in [0.2, 0.25) is 11.7 Å². The Balaban J connectivity index is 2.86. The lowest BCUT2D eigenvalue weighted by Crippen LogP contribution is -2.24. The van der Waals surface area contributed by atoms with Gasteiger partial charge in [0.15, 0.2) is 11.5 Å². The zero-order valence-corrected chi connectivity index (χ0v) is 12.8. The molecule has 1 amide bonds. The minimum atomic E-state index is -0.194. The summed E-state index contributed by atoms with van der Waals surface area (Å²) in [6.45, 7) is 0.943. The summed E-state index contributed by atoms with van der Waals surface area (Å²) in [5.74, 6) is 1.40. The molecular weight excluding hydrogens is 274 g/mol. The minimum absolute atomic E-state index is 0.194. The number of hydrogen-bond acceptors (Lipinski definition) is 5. The summed E-state index contributed by atoms with van der Waals surface area (Å²) in [7, 11) is 6.21. The first-order valence-electron chi connectivity index (χ1n) is 6.41. The molecule has 116 valence electrons. The van der Waals surface area contributed by atoms with Crippen LogP contribution >= 0.6 is 0 Å². The lowest BCUT2D eigenvalue weighted by molar-refractivity contribution is -0.116. The number of amides is 1. The Bertz CT molecular complexity index is 474. The highest BCUT2D eigenvalue weighted by atomic mass is 16.5. The summed E-state index contributed by atoms with van der Waals surface area (Å²) in [6, 6.07) is 3.53. The molecule has 0 fully saturated rings. The lowest BCUT2D eigenvalue weighted by atomic mass is 10.1. The Kier molecular flexibility index (Phi) is 7.11. The Labute approximate surface area is 124 Å². The fourth-order valence-electron chi connectivity index (χ4n) is 1.70. The molecule has 1 aromatic carbocycles. The molecule has 1 rings (SSSR count). The molecule has 0 bridgehead atoms. The van der Waals surface area contributed by atoms with E-state index < -0.39 is 0 Å². The number of carbonyl (C=O) groups is 1. The third kappa shape index (κ3) is 5.00. The molecule has 0 radical (unpaired) electrons. The molecule has 0 aliphatic heterocycles. The molecule has 0 spiro atoms.